The van der Waals surface area contributed by atoms with Crippen LogP contribution in [-0.4, -0.2) is 21.0 Å². The predicted octanol–water partition coefficient (Wildman–Crippen LogP) is 2.97. The van der Waals surface area contributed by atoms with Gasteiger partial charge < -0.3 is 5.73 Å². The topological polar surface area (TPSA) is 60.2 Å². The number of alkyl halides is 1. The number of unbranched alkanes of at least 4 members (excludes halogenated alkanes) is 1. The Balaban J connectivity index is 3.22. The van der Waals surface area contributed by atoms with E-state index in [2.05, 4.69) is 0 Å². The summed E-state index contributed by atoms with van der Waals surface area (Å²) in [7, 11) is -3.83. The Bertz CT molecular complexity index is 547. The molecular weight excluding hydrogens is 277 g/mol. The van der Waals surface area contributed by atoms with Crippen molar-refractivity contribution in [3.63, 3.8) is 0 Å². The van der Waals surface area contributed by atoms with Crippen LogP contribution in [0.25, 0.3) is 0 Å². The van der Waals surface area contributed by atoms with Crippen molar-refractivity contribution in [2.24, 2.45) is 5.73 Å². The van der Waals surface area contributed by atoms with Gasteiger partial charge in [0.25, 0.3) is 0 Å². The minimum absolute atomic E-state index is 0.0789. The molecule has 0 spiro atoms. The van der Waals surface area contributed by atoms with Crippen LogP contribution in [0.3, 0.4) is 0 Å². The average molecular weight is 301 g/mol. The zero-order valence-corrected chi connectivity index (χ0v) is 13.3. The number of benzene rings is 1. The van der Waals surface area contributed by atoms with Crippen LogP contribution < -0.4 is 5.73 Å². The number of aryl methyl sites for hydroxylation is 1. The van der Waals surface area contributed by atoms with Crippen molar-refractivity contribution >= 4 is 9.84 Å². The van der Waals surface area contributed by atoms with Gasteiger partial charge in [0.15, 0.2) is 6.01 Å². The summed E-state index contributed by atoms with van der Waals surface area (Å²) in [5.74, 6) is 0. The van der Waals surface area contributed by atoms with E-state index >= 15 is 0 Å². The predicted molar refractivity (Wildman–Crippen MR) is 80.3 cm³/mol. The minimum Gasteiger partial charge on any atom is -0.330 e. The fourth-order valence-electron chi connectivity index (χ4n) is 1.95. The van der Waals surface area contributed by atoms with Gasteiger partial charge in [0.05, 0.1) is 4.90 Å². The van der Waals surface area contributed by atoms with Crippen molar-refractivity contribution in [3.8, 4) is 0 Å². The summed E-state index contributed by atoms with van der Waals surface area (Å²) < 4.78 is 36.3. The van der Waals surface area contributed by atoms with E-state index in [4.69, 9.17) is 5.73 Å². The summed E-state index contributed by atoms with van der Waals surface area (Å²) in [6.45, 7) is 6.65. The highest BCUT2D eigenvalue weighted by molar-refractivity contribution is 7.91. The molecule has 0 fully saturated rings. The maximum Gasteiger partial charge on any atom is 0.207 e. The van der Waals surface area contributed by atoms with Crippen LogP contribution in [0, 0.1) is 0 Å². The van der Waals surface area contributed by atoms with Crippen LogP contribution in [0.1, 0.15) is 44.7 Å². The molecule has 0 heterocycles. The van der Waals surface area contributed by atoms with Gasteiger partial charge in [0, 0.05) is 0 Å². The maximum atomic E-state index is 12.7. The molecule has 0 aliphatic heterocycles. The minimum atomic E-state index is -3.83. The summed E-state index contributed by atoms with van der Waals surface area (Å²) in [4.78, 5) is 0.0789. The van der Waals surface area contributed by atoms with E-state index in [0.717, 1.165) is 30.4 Å². The van der Waals surface area contributed by atoms with Gasteiger partial charge >= 0.3 is 0 Å². The summed E-state index contributed by atoms with van der Waals surface area (Å²) in [5.41, 5.74) is 7.13. The smallest absolute Gasteiger partial charge is 0.207 e. The molecule has 114 valence electrons. The first-order chi connectivity index (χ1) is 9.20. The molecule has 0 saturated heterocycles. The third kappa shape index (κ3) is 4.56. The van der Waals surface area contributed by atoms with E-state index in [0.29, 0.717) is 6.54 Å². The second-order valence-electron chi connectivity index (χ2n) is 6.09. The molecule has 2 N–H and O–H groups in total. The quantitative estimate of drug-likeness (QED) is 0.822. The fourth-order valence-corrected chi connectivity index (χ4v) is 2.72. The Morgan fingerprint density at radius 2 is 1.80 bits per heavy atom. The molecule has 0 aromatic heterocycles. The first-order valence-electron chi connectivity index (χ1n) is 6.84. The summed E-state index contributed by atoms with van der Waals surface area (Å²) in [5, 5.41) is 0. The molecule has 0 unspecified atom stereocenters. The van der Waals surface area contributed by atoms with Crippen LogP contribution in [-0.2, 0) is 21.7 Å². The number of sulfone groups is 1. The molecule has 0 atom stereocenters. The Morgan fingerprint density at radius 3 is 2.30 bits per heavy atom. The second-order valence-corrected chi connectivity index (χ2v) is 8.00. The average Bonchev–Trinajstić information content (AvgIpc) is 2.37. The van der Waals surface area contributed by atoms with Crippen molar-refractivity contribution < 1.29 is 12.8 Å². The van der Waals surface area contributed by atoms with E-state index in [1.54, 1.807) is 12.1 Å². The van der Waals surface area contributed by atoms with Gasteiger partial charge in [-0.3, -0.25) is 0 Å². The van der Waals surface area contributed by atoms with Gasteiger partial charge in [0.2, 0.25) is 9.84 Å². The largest absolute Gasteiger partial charge is 0.330 e. The van der Waals surface area contributed by atoms with E-state index < -0.39 is 15.8 Å². The monoisotopic (exact) mass is 301 g/mol. The molecule has 1 aromatic rings. The molecule has 5 heteroatoms. The van der Waals surface area contributed by atoms with Crippen LogP contribution in [0.15, 0.2) is 23.1 Å². The highest BCUT2D eigenvalue weighted by atomic mass is 32.2. The SMILES string of the molecule is CC(C)(C)c1cc(CCCCN)cc(S(=O)(=O)CF)c1. The maximum absolute atomic E-state index is 12.7. The first kappa shape index (κ1) is 17.1. The number of hydrogen-bond acceptors (Lipinski definition) is 3. The van der Waals surface area contributed by atoms with Crippen LogP contribution in [0.5, 0.6) is 0 Å². The fraction of sp³-hybridized carbons (Fsp3) is 0.600. The van der Waals surface area contributed by atoms with Gasteiger partial charge in [-0.1, -0.05) is 26.8 Å². The highest BCUT2D eigenvalue weighted by Gasteiger charge is 2.20. The van der Waals surface area contributed by atoms with Gasteiger partial charge in [-0.2, -0.15) is 0 Å². The third-order valence-corrected chi connectivity index (χ3v) is 4.50. The molecule has 3 nitrogen and oxygen atoms in total. The van der Waals surface area contributed by atoms with E-state index in [1.165, 1.54) is 0 Å². The van der Waals surface area contributed by atoms with Gasteiger partial charge in [-0.25, -0.2) is 12.8 Å². The lowest BCUT2D eigenvalue weighted by molar-refractivity contribution is 0.533. The lowest BCUT2D eigenvalue weighted by Crippen LogP contribution is -2.14. The molecule has 0 aliphatic rings. The molecule has 20 heavy (non-hydrogen) atoms. The highest BCUT2D eigenvalue weighted by Crippen LogP contribution is 2.27. The first-order valence-corrected chi connectivity index (χ1v) is 8.49. The van der Waals surface area contributed by atoms with Gasteiger partial charge in [0.1, 0.15) is 0 Å². The summed E-state index contributed by atoms with van der Waals surface area (Å²) >= 11 is 0. The van der Waals surface area contributed by atoms with Crippen molar-refractivity contribution in [1.29, 1.82) is 0 Å². The van der Waals surface area contributed by atoms with Crippen molar-refractivity contribution in [2.75, 3.05) is 12.6 Å². The van der Waals surface area contributed by atoms with Crippen molar-refractivity contribution in [3.05, 3.63) is 29.3 Å². The molecule has 1 rings (SSSR count). The molecule has 0 bridgehead atoms. The molecular formula is C15H24FNO2S. The van der Waals surface area contributed by atoms with Crippen LogP contribution in [0.4, 0.5) is 4.39 Å². The molecule has 0 saturated carbocycles. The number of rotatable bonds is 6. The van der Waals surface area contributed by atoms with Crippen LogP contribution in [0.2, 0.25) is 0 Å². The molecule has 1 aromatic carbocycles. The molecule has 0 radical (unpaired) electrons. The molecule has 0 aliphatic carbocycles. The standard InChI is InChI=1S/C15H24FNO2S/c1-15(2,3)13-8-12(6-4-5-7-17)9-14(10-13)20(18,19)11-16/h8-10H,4-7,11,17H2,1-3H3. The van der Waals surface area contributed by atoms with E-state index in [9.17, 15) is 12.8 Å². The zero-order chi connectivity index (χ0) is 15.4. The summed E-state index contributed by atoms with van der Waals surface area (Å²) in [6, 6.07) is 3.82. The Hall–Kier alpha value is -0.940. The molecule has 0 amide bonds. The Labute approximate surface area is 121 Å². The third-order valence-electron chi connectivity index (χ3n) is 3.25. The summed E-state index contributed by atoms with van der Waals surface area (Å²) in [6.07, 6.45) is 2.56. The number of hydrogen-bond donors (Lipinski definition) is 1. The van der Waals surface area contributed by atoms with E-state index in [-0.39, 0.29) is 10.3 Å². The normalized spacial score (nSPS) is 12.7. The zero-order valence-electron chi connectivity index (χ0n) is 12.4. The Morgan fingerprint density at radius 1 is 1.15 bits per heavy atom. The van der Waals surface area contributed by atoms with Crippen molar-refractivity contribution in [1.82, 2.24) is 0 Å². The van der Waals surface area contributed by atoms with Crippen molar-refractivity contribution in [2.45, 2.75) is 50.3 Å². The number of nitrogens with two attached hydrogens (primary N) is 1. The van der Waals surface area contributed by atoms with Crippen LogP contribution >= 0.6 is 0 Å². The lowest BCUT2D eigenvalue weighted by atomic mass is 9.86. The number of halogens is 1. The van der Waals surface area contributed by atoms with Gasteiger partial charge in [-0.15, -0.1) is 0 Å². The lowest BCUT2D eigenvalue weighted by Gasteiger charge is -2.21. The second kappa shape index (κ2) is 6.68. The van der Waals surface area contributed by atoms with E-state index in [1.807, 2.05) is 26.8 Å². The van der Waals surface area contributed by atoms with Gasteiger partial charge in [-0.05, 0) is 54.5 Å². The Kier molecular flexibility index (Phi) is 5.71.